The summed E-state index contributed by atoms with van der Waals surface area (Å²) in [6, 6.07) is 0. The number of nitrogens with one attached hydrogen (secondary N) is 1. The summed E-state index contributed by atoms with van der Waals surface area (Å²) in [6.45, 7) is 10.0. The van der Waals surface area contributed by atoms with Crippen molar-refractivity contribution < 1.29 is 23.9 Å². The summed E-state index contributed by atoms with van der Waals surface area (Å²) >= 11 is 0. The van der Waals surface area contributed by atoms with E-state index in [2.05, 4.69) is 11.9 Å². The number of esters is 2. The van der Waals surface area contributed by atoms with Crippen molar-refractivity contribution in [3.8, 4) is 0 Å². The molecule has 0 radical (unpaired) electrons. The number of amides is 1. The lowest BCUT2D eigenvalue weighted by atomic mass is 9.91. The Morgan fingerprint density at radius 2 is 1.38 bits per heavy atom. The molecule has 0 aliphatic heterocycles. The highest BCUT2D eigenvalue weighted by Gasteiger charge is 2.26. The molecule has 0 fully saturated rings. The quantitative estimate of drug-likeness (QED) is 0.201. The first-order valence-electron chi connectivity index (χ1n) is 11.1. The summed E-state index contributed by atoms with van der Waals surface area (Å²) < 4.78 is 10.2. The topological polar surface area (TPSA) is 81.7 Å². The molecule has 0 atom stereocenters. The highest BCUT2D eigenvalue weighted by Crippen LogP contribution is 2.21. The van der Waals surface area contributed by atoms with E-state index in [1.807, 2.05) is 20.8 Å². The largest absolute Gasteiger partial charge is 0.462 e. The van der Waals surface area contributed by atoms with E-state index in [9.17, 15) is 14.4 Å². The third-order valence-corrected chi connectivity index (χ3v) is 5.06. The van der Waals surface area contributed by atoms with Crippen molar-refractivity contribution in [1.82, 2.24) is 5.32 Å². The summed E-state index contributed by atoms with van der Waals surface area (Å²) in [5.74, 6) is -0.580. The predicted octanol–water partition coefficient (Wildman–Crippen LogP) is 4.71. The third kappa shape index (κ3) is 15.7. The minimum atomic E-state index is -0.493. The molecule has 6 heteroatoms. The van der Waals surface area contributed by atoms with Crippen LogP contribution in [0.4, 0.5) is 0 Å². The summed E-state index contributed by atoms with van der Waals surface area (Å²) in [4.78, 5) is 34.4. The molecule has 0 aromatic carbocycles. The van der Waals surface area contributed by atoms with Gasteiger partial charge in [0.25, 0.3) is 0 Å². The summed E-state index contributed by atoms with van der Waals surface area (Å²) in [5.41, 5.74) is -0.493. The van der Waals surface area contributed by atoms with Crippen molar-refractivity contribution in [2.75, 3.05) is 19.8 Å². The first-order valence-corrected chi connectivity index (χ1v) is 11.1. The molecule has 0 aromatic rings. The van der Waals surface area contributed by atoms with Crippen LogP contribution < -0.4 is 5.32 Å². The van der Waals surface area contributed by atoms with Crippen molar-refractivity contribution in [3.63, 3.8) is 0 Å². The molecule has 1 amide bonds. The van der Waals surface area contributed by atoms with Gasteiger partial charge in [0.15, 0.2) is 0 Å². The Balaban J connectivity index is 3.39. The van der Waals surface area contributed by atoms with E-state index >= 15 is 0 Å². The fraction of sp³-hybridized carbons (Fsp3) is 0.783. The fourth-order valence-electron chi connectivity index (χ4n) is 2.62. The summed E-state index contributed by atoms with van der Waals surface area (Å²) in [7, 11) is 0. The van der Waals surface area contributed by atoms with E-state index in [0.29, 0.717) is 12.8 Å². The van der Waals surface area contributed by atoms with Crippen molar-refractivity contribution in [3.05, 3.63) is 12.7 Å². The number of hydrogen-bond acceptors (Lipinski definition) is 5. The van der Waals surface area contributed by atoms with Crippen LogP contribution in [0.3, 0.4) is 0 Å². The van der Waals surface area contributed by atoms with E-state index in [4.69, 9.17) is 9.47 Å². The average Bonchev–Trinajstić information content (AvgIpc) is 2.71. The van der Waals surface area contributed by atoms with Gasteiger partial charge in [-0.3, -0.25) is 14.4 Å². The van der Waals surface area contributed by atoms with Gasteiger partial charge >= 0.3 is 11.9 Å². The van der Waals surface area contributed by atoms with Crippen LogP contribution in [-0.4, -0.2) is 37.6 Å². The Morgan fingerprint density at radius 3 is 1.93 bits per heavy atom. The maximum absolute atomic E-state index is 11.8. The smallest absolute Gasteiger partial charge is 0.311 e. The second-order valence-electron chi connectivity index (χ2n) is 8.02. The molecule has 6 nitrogen and oxygen atoms in total. The number of rotatable bonds is 18. The monoisotopic (exact) mass is 411 g/mol. The van der Waals surface area contributed by atoms with Crippen LogP contribution in [0, 0.1) is 5.41 Å². The molecule has 0 aromatic heterocycles. The molecule has 0 saturated carbocycles. The molecule has 0 bridgehead atoms. The fourth-order valence-corrected chi connectivity index (χ4v) is 2.62. The molecular weight excluding hydrogens is 370 g/mol. The van der Waals surface area contributed by atoms with E-state index in [1.54, 1.807) is 0 Å². The Labute approximate surface area is 176 Å². The first-order chi connectivity index (χ1) is 13.8. The van der Waals surface area contributed by atoms with E-state index in [1.165, 1.54) is 31.8 Å². The van der Waals surface area contributed by atoms with Crippen LogP contribution in [0.15, 0.2) is 12.7 Å². The van der Waals surface area contributed by atoms with Crippen molar-refractivity contribution >= 4 is 17.8 Å². The van der Waals surface area contributed by atoms with Gasteiger partial charge in [-0.05, 0) is 39.2 Å². The SMILES string of the molecule is C=CC(=O)NCCCCCCCCCCCC(=O)OCCOC(=O)C(C)(C)CC. The van der Waals surface area contributed by atoms with Crippen molar-refractivity contribution in [2.45, 2.75) is 91.4 Å². The number of carbonyl (C=O) groups is 3. The van der Waals surface area contributed by atoms with E-state index in [0.717, 1.165) is 38.6 Å². The molecule has 29 heavy (non-hydrogen) atoms. The van der Waals surface area contributed by atoms with Gasteiger partial charge in [-0.25, -0.2) is 0 Å². The van der Waals surface area contributed by atoms with Crippen LogP contribution in [-0.2, 0) is 23.9 Å². The molecule has 0 rings (SSSR count). The van der Waals surface area contributed by atoms with Gasteiger partial charge in [-0.1, -0.05) is 58.4 Å². The van der Waals surface area contributed by atoms with Gasteiger partial charge < -0.3 is 14.8 Å². The summed E-state index contributed by atoms with van der Waals surface area (Å²) in [6.07, 6.45) is 12.4. The highest BCUT2D eigenvalue weighted by atomic mass is 16.6. The minimum absolute atomic E-state index is 0.103. The third-order valence-electron chi connectivity index (χ3n) is 5.06. The molecule has 0 aliphatic rings. The van der Waals surface area contributed by atoms with Crippen LogP contribution in [0.25, 0.3) is 0 Å². The van der Waals surface area contributed by atoms with Crippen LogP contribution in [0.1, 0.15) is 91.4 Å². The van der Waals surface area contributed by atoms with Gasteiger partial charge in [-0.2, -0.15) is 0 Å². The Bertz CT molecular complexity index is 488. The molecule has 0 spiro atoms. The normalized spacial score (nSPS) is 11.0. The molecule has 0 aliphatic carbocycles. The van der Waals surface area contributed by atoms with E-state index < -0.39 is 5.41 Å². The van der Waals surface area contributed by atoms with Crippen molar-refractivity contribution in [1.29, 1.82) is 0 Å². The lowest BCUT2D eigenvalue weighted by Crippen LogP contribution is -2.27. The number of unbranched alkanes of at least 4 members (excludes halogenated alkanes) is 8. The highest BCUT2D eigenvalue weighted by molar-refractivity contribution is 5.86. The number of carbonyl (C=O) groups excluding carboxylic acids is 3. The summed E-state index contributed by atoms with van der Waals surface area (Å²) in [5, 5.41) is 2.78. The Morgan fingerprint density at radius 1 is 0.862 bits per heavy atom. The van der Waals surface area contributed by atoms with Gasteiger partial charge in [0.2, 0.25) is 5.91 Å². The minimum Gasteiger partial charge on any atom is -0.462 e. The number of ether oxygens (including phenoxy) is 2. The second kappa shape index (κ2) is 17.0. The Hall–Kier alpha value is -1.85. The first kappa shape index (κ1) is 27.1. The molecule has 0 saturated heterocycles. The zero-order valence-corrected chi connectivity index (χ0v) is 18.7. The van der Waals surface area contributed by atoms with Gasteiger partial charge in [0.1, 0.15) is 13.2 Å². The Kier molecular flexibility index (Phi) is 16.0. The lowest BCUT2D eigenvalue weighted by Gasteiger charge is -2.20. The predicted molar refractivity (Wildman–Crippen MR) is 115 cm³/mol. The van der Waals surface area contributed by atoms with Gasteiger partial charge in [0, 0.05) is 13.0 Å². The molecule has 1 N–H and O–H groups in total. The van der Waals surface area contributed by atoms with Gasteiger partial charge in [0.05, 0.1) is 5.41 Å². The standard InChI is InChI=1S/C23H41NO5/c1-5-20(25)24-17-15-13-11-9-7-8-10-12-14-16-21(26)28-18-19-29-22(27)23(3,4)6-2/h5H,1,6-19H2,2-4H3,(H,24,25). The van der Waals surface area contributed by atoms with E-state index in [-0.39, 0.29) is 31.1 Å². The zero-order chi connectivity index (χ0) is 22.0. The molecule has 0 unspecified atom stereocenters. The van der Waals surface area contributed by atoms with Gasteiger partial charge in [-0.15, -0.1) is 0 Å². The zero-order valence-electron chi connectivity index (χ0n) is 18.7. The maximum atomic E-state index is 11.8. The van der Waals surface area contributed by atoms with Crippen molar-refractivity contribution in [2.24, 2.45) is 5.41 Å². The average molecular weight is 412 g/mol. The van der Waals surface area contributed by atoms with Crippen LogP contribution in [0.2, 0.25) is 0 Å². The van der Waals surface area contributed by atoms with Crippen LogP contribution in [0.5, 0.6) is 0 Å². The molecular formula is C23H41NO5. The molecule has 168 valence electrons. The number of hydrogen-bond donors (Lipinski definition) is 1. The van der Waals surface area contributed by atoms with Crippen LogP contribution >= 0.6 is 0 Å². The maximum Gasteiger partial charge on any atom is 0.311 e. The second-order valence-corrected chi connectivity index (χ2v) is 8.02. The molecule has 0 heterocycles. The lowest BCUT2D eigenvalue weighted by molar-refractivity contribution is -0.159.